The van der Waals surface area contributed by atoms with Gasteiger partial charge in [-0.1, -0.05) is 0 Å². The van der Waals surface area contributed by atoms with Crippen LogP contribution in [0, 0.1) is 3.83 Å². The lowest BCUT2D eigenvalue weighted by Gasteiger charge is -2.23. The highest BCUT2D eigenvalue weighted by atomic mass is 127. The van der Waals surface area contributed by atoms with Crippen molar-refractivity contribution in [2.24, 2.45) is 0 Å². The predicted octanol–water partition coefficient (Wildman–Crippen LogP) is 2.78. The molecule has 82 valence electrons. The van der Waals surface area contributed by atoms with E-state index < -0.39 is 0 Å². The Kier molecular flexibility index (Phi) is 2.87. The molecular weight excluding hydrogens is 301 g/mol. The van der Waals surface area contributed by atoms with Crippen LogP contribution in [0.1, 0.15) is 38.4 Å². The monoisotopic (exact) mass is 317 g/mol. The Balaban J connectivity index is 2.39. The maximum atomic E-state index is 4.49. The minimum Gasteiger partial charge on any atom is -0.365 e. The molecule has 1 N–H and O–H groups in total. The maximum absolute atomic E-state index is 4.49. The molecule has 0 saturated carbocycles. The zero-order valence-corrected chi connectivity index (χ0v) is 11.6. The lowest BCUT2D eigenvalue weighted by Crippen LogP contribution is -2.27. The fraction of sp³-hybridized carbons (Fsp3) is 0.636. The largest absolute Gasteiger partial charge is 0.365 e. The third-order valence-electron chi connectivity index (χ3n) is 2.40. The molecule has 0 bridgehead atoms. The molecule has 1 aromatic rings. The first kappa shape index (κ1) is 11.1. The van der Waals surface area contributed by atoms with Crippen LogP contribution in [0.5, 0.6) is 0 Å². The number of anilines is 1. The summed E-state index contributed by atoms with van der Waals surface area (Å²) in [6.07, 6.45) is 3.43. The van der Waals surface area contributed by atoms with Gasteiger partial charge in [0.05, 0.1) is 5.69 Å². The fourth-order valence-electron chi connectivity index (χ4n) is 1.86. The molecule has 0 aliphatic heterocycles. The van der Waals surface area contributed by atoms with Crippen molar-refractivity contribution in [1.82, 2.24) is 9.97 Å². The molecule has 15 heavy (non-hydrogen) atoms. The minimum absolute atomic E-state index is 0.0633. The molecule has 1 aliphatic carbocycles. The maximum Gasteiger partial charge on any atom is 0.192 e. The summed E-state index contributed by atoms with van der Waals surface area (Å²) in [6, 6.07) is 0. The number of halogens is 1. The van der Waals surface area contributed by atoms with E-state index in [-0.39, 0.29) is 5.54 Å². The fourth-order valence-corrected chi connectivity index (χ4v) is 2.39. The lowest BCUT2D eigenvalue weighted by atomic mass is 10.1. The van der Waals surface area contributed by atoms with Gasteiger partial charge in [-0.15, -0.1) is 0 Å². The number of aromatic nitrogens is 2. The van der Waals surface area contributed by atoms with Crippen molar-refractivity contribution in [3.63, 3.8) is 0 Å². The summed E-state index contributed by atoms with van der Waals surface area (Å²) < 4.78 is 0.847. The average molecular weight is 317 g/mol. The second kappa shape index (κ2) is 3.88. The van der Waals surface area contributed by atoms with E-state index in [0.717, 1.165) is 22.5 Å². The van der Waals surface area contributed by atoms with Crippen molar-refractivity contribution < 1.29 is 0 Å². The van der Waals surface area contributed by atoms with Crippen LogP contribution >= 0.6 is 22.6 Å². The highest BCUT2D eigenvalue weighted by Gasteiger charge is 2.21. The normalized spacial score (nSPS) is 15.2. The zero-order valence-electron chi connectivity index (χ0n) is 9.39. The minimum atomic E-state index is 0.0633. The molecule has 0 spiro atoms. The van der Waals surface area contributed by atoms with Crippen molar-refractivity contribution in [3.8, 4) is 0 Å². The molecule has 0 aromatic carbocycles. The van der Waals surface area contributed by atoms with Crippen LogP contribution in [0.2, 0.25) is 0 Å². The van der Waals surface area contributed by atoms with Crippen molar-refractivity contribution in [3.05, 3.63) is 15.1 Å². The van der Waals surface area contributed by atoms with Gasteiger partial charge in [0.2, 0.25) is 0 Å². The average Bonchev–Trinajstić information content (AvgIpc) is 2.48. The Morgan fingerprint density at radius 3 is 2.60 bits per heavy atom. The molecule has 4 heteroatoms. The third-order valence-corrected chi connectivity index (χ3v) is 2.88. The number of fused-ring (bicyclic) bond motifs is 1. The Hall–Kier alpha value is -0.390. The molecule has 0 radical (unpaired) electrons. The second-order valence-corrected chi connectivity index (χ2v) is 5.96. The third kappa shape index (κ3) is 2.59. The molecule has 0 unspecified atom stereocenters. The van der Waals surface area contributed by atoms with Gasteiger partial charge < -0.3 is 5.32 Å². The molecule has 1 heterocycles. The Labute approximate surface area is 104 Å². The van der Waals surface area contributed by atoms with Gasteiger partial charge in [-0.2, -0.15) is 0 Å². The smallest absolute Gasteiger partial charge is 0.192 e. The van der Waals surface area contributed by atoms with Gasteiger partial charge in [-0.05, 0) is 40.0 Å². The molecule has 0 saturated heterocycles. The topological polar surface area (TPSA) is 37.8 Å². The molecule has 3 nitrogen and oxygen atoms in total. The van der Waals surface area contributed by atoms with E-state index in [1.54, 1.807) is 0 Å². The van der Waals surface area contributed by atoms with E-state index in [1.807, 2.05) is 0 Å². The lowest BCUT2D eigenvalue weighted by molar-refractivity contribution is 0.628. The number of aryl methyl sites for hydroxylation is 1. The van der Waals surface area contributed by atoms with E-state index in [1.165, 1.54) is 17.7 Å². The van der Waals surface area contributed by atoms with E-state index in [0.29, 0.717) is 0 Å². The molecule has 0 amide bonds. The highest BCUT2D eigenvalue weighted by molar-refractivity contribution is 14.1. The number of hydrogen-bond donors (Lipinski definition) is 1. The Bertz CT molecular complexity index is 382. The summed E-state index contributed by atoms with van der Waals surface area (Å²) in [6.45, 7) is 6.47. The van der Waals surface area contributed by atoms with Gasteiger partial charge in [-0.25, -0.2) is 9.97 Å². The predicted molar refractivity (Wildman–Crippen MR) is 70.1 cm³/mol. The first-order chi connectivity index (χ1) is 6.96. The molecule has 2 rings (SSSR count). The SMILES string of the molecule is CC(C)(C)Nc1nc(I)nc2c1CCC2. The summed E-state index contributed by atoms with van der Waals surface area (Å²) in [5, 5.41) is 3.47. The molecule has 0 fully saturated rings. The zero-order chi connectivity index (χ0) is 11.1. The van der Waals surface area contributed by atoms with Gasteiger partial charge in [0.1, 0.15) is 5.82 Å². The van der Waals surface area contributed by atoms with Crippen LogP contribution in [0.4, 0.5) is 5.82 Å². The number of hydrogen-bond acceptors (Lipinski definition) is 3. The van der Waals surface area contributed by atoms with Gasteiger partial charge in [0.15, 0.2) is 3.83 Å². The molecule has 0 atom stereocenters. The quantitative estimate of drug-likeness (QED) is 0.639. The van der Waals surface area contributed by atoms with Gasteiger partial charge in [0, 0.05) is 33.7 Å². The standard InChI is InChI=1S/C11H16IN3/c1-11(2,3)15-9-7-5-4-6-8(7)13-10(12)14-9/h4-6H2,1-3H3,(H,13,14,15). The first-order valence-corrected chi connectivity index (χ1v) is 6.37. The van der Waals surface area contributed by atoms with Crippen LogP contribution < -0.4 is 5.32 Å². The first-order valence-electron chi connectivity index (χ1n) is 5.29. The molecule has 1 aliphatic rings. The van der Waals surface area contributed by atoms with E-state index in [9.17, 15) is 0 Å². The molecule has 1 aromatic heterocycles. The summed E-state index contributed by atoms with van der Waals surface area (Å²) >= 11 is 2.19. The summed E-state index contributed by atoms with van der Waals surface area (Å²) in [4.78, 5) is 8.97. The van der Waals surface area contributed by atoms with Crippen LogP contribution in [0.3, 0.4) is 0 Å². The van der Waals surface area contributed by atoms with Crippen LogP contribution in [0.25, 0.3) is 0 Å². The van der Waals surface area contributed by atoms with Crippen molar-refractivity contribution in [2.75, 3.05) is 5.32 Å². The van der Waals surface area contributed by atoms with Crippen LogP contribution in [-0.4, -0.2) is 15.5 Å². The van der Waals surface area contributed by atoms with Crippen molar-refractivity contribution >= 4 is 28.4 Å². The summed E-state index contributed by atoms with van der Waals surface area (Å²) in [5.74, 6) is 1.04. The second-order valence-electron chi connectivity index (χ2n) is 5.00. The Morgan fingerprint density at radius 1 is 1.20 bits per heavy atom. The summed E-state index contributed by atoms with van der Waals surface area (Å²) in [5.41, 5.74) is 2.62. The van der Waals surface area contributed by atoms with Crippen LogP contribution in [-0.2, 0) is 12.8 Å². The van der Waals surface area contributed by atoms with E-state index >= 15 is 0 Å². The van der Waals surface area contributed by atoms with E-state index in [4.69, 9.17) is 0 Å². The van der Waals surface area contributed by atoms with Gasteiger partial charge in [-0.3, -0.25) is 0 Å². The summed E-state index contributed by atoms with van der Waals surface area (Å²) in [7, 11) is 0. The number of nitrogens with zero attached hydrogens (tertiary/aromatic N) is 2. The van der Waals surface area contributed by atoms with Crippen LogP contribution in [0.15, 0.2) is 0 Å². The van der Waals surface area contributed by atoms with Gasteiger partial charge >= 0.3 is 0 Å². The number of nitrogens with one attached hydrogen (secondary N) is 1. The number of rotatable bonds is 1. The van der Waals surface area contributed by atoms with E-state index in [2.05, 4.69) is 58.6 Å². The molecular formula is C11H16IN3. The highest BCUT2D eigenvalue weighted by Crippen LogP contribution is 2.28. The Morgan fingerprint density at radius 2 is 1.93 bits per heavy atom. The van der Waals surface area contributed by atoms with Crippen molar-refractivity contribution in [1.29, 1.82) is 0 Å². The van der Waals surface area contributed by atoms with Gasteiger partial charge in [0.25, 0.3) is 0 Å². The van der Waals surface area contributed by atoms with Crippen molar-refractivity contribution in [2.45, 2.75) is 45.6 Å².